The quantitative estimate of drug-likeness (QED) is 0.826. The number of hydrogen-bond acceptors (Lipinski definition) is 3. The number of rotatable bonds is 2. The summed E-state index contributed by atoms with van der Waals surface area (Å²) in [6.07, 6.45) is 1.27. The minimum Gasteiger partial charge on any atom is -0.379 e. The molecule has 0 aliphatic carbocycles. The summed E-state index contributed by atoms with van der Waals surface area (Å²) in [5.74, 6) is 0. The van der Waals surface area contributed by atoms with Gasteiger partial charge in [-0.1, -0.05) is 6.07 Å². The molecule has 1 fully saturated rings. The van der Waals surface area contributed by atoms with Gasteiger partial charge in [0.1, 0.15) is 0 Å². The smallest absolute Gasteiger partial charge is 0.0992 e. The fourth-order valence-electron chi connectivity index (χ4n) is 1.97. The van der Waals surface area contributed by atoms with E-state index in [4.69, 9.17) is 10.00 Å². The van der Waals surface area contributed by atoms with Crippen LogP contribution in [0.1, 0.15) is 24.5 Å². The van der Waals surface area contributed by atoms with Gasteiger partial charge in [-0.25, -0.2) is 0 Å². The molecule has 1 aromatic carbocycles. The lowest BCUT2D eigenvalue weighted by atomic mass is 10.1. The summed E-state index contributed by atoms with van der Waals surface area (Å²) in [6.45, 7) is 4.94. The highest BCUT2D eigenvalue weighted by Crippen LogP contribution is 2.22. The molecule has 1 aromatic rings. The van der Waals surface area contributed by atoms with Crippen LogP contribution in [0.5, 0.6) is 0 Å². The van der Waals surface area contributed by atoms with Gasteiger partial charge in [0.2, 0.25) is 0 Å². The van der Waals surface area contributed by atoms with Crippen molar-refractivity contribution in [1.82, 2.24) is 0 Å². The van der Waals surface area contributed by atoms with Crippen molar-refractivity contribution >= 4 is 5.69 Å². The van der Waals surface area contributed by atoms with Gasteiger partial charge < -0.3 is 10.1 Å². The van der Waals surface area contributed by atoms with Crippen LogP contribution in [0, 0.1) is 18.3 Å². The second kappa shape index (κ2) is 4.54. The van der Waals surface area contributed by atoms with Gasteiger partial charge in [-0.05, 0) is 38.0 Å². The van der Waals surface area contributed by atoms with Crippen LogP contribution in [0.4, 0.5) is 5.69 Å². The Labute approximate surface area is 96.0 Å². The van der Waals surface area contributed by atoms with E-state index in [-0.39, 0.29) is 6.10 Å². The van der Waals surface area contributed by atoms with Crippen molar-refractivity contribution in [2.75, 3.05) is 11.9 Å². The minimum absolute atomic E-state index is 0.241. The highest BCUT2D eigenvalue weighted by molar-refractivity contribution is 5.55. The third-order valence-electron chi connectivity index (χ3n) is 3.08. The van der Waals surface area contributed by atoms with Crippen LogP contribution in [0.25, 0.3) is 0 Å². The summed E-state index contributed by atoms with van der Waals surface area (Å²) < 4.78 is 5.51. The molecule has 1 N–H and O–H groups in total. The van der Waals surface area contributed by atoms with E-state index >= 15 is 0 Å². The molecule has 0 bridgehead atoms. The number of hydrogen-bond donors (Lipinski definition) is 1. The number of nitrogens with one attached hydrogen (secondary N) is 1. The summed E-state index contributed by atoms with van der Waals surface area (Å²) in [6, 6.07) is 8.23. The van der Waals surface area contributed by atoms with Crippen LogP contribution in [0.2, 0.25) is 0 Å². The van der Waals surface area contributed by atoms with E-state index < -0.39 is 0 Å². The number of nitriles is 1. The number of ether oxygens (including phenoxy) is 1. The van der Waals surface area contributed by atoms with Crippen LogP contribution in [-0.2, 0) is 4.74 Å². The van der Waals surface area contributed by atoms with Gasteiger partial charge in [0, 0.05) is 12.3 Å². The second-order valence-corrected chi connectivity index (χ2v) is 4.26. The Hall–Kier alpha value is -1.53. The summed E-state index contributed by atoms with van der Waals surface area (Å²) in [4.78, 5) is 0. The van der Waals surface area contributed by atoms with Gasteiger partial charge in [-0.3, -0.25) is 0 Å². The first-order chi connectivity index (χ1) is 7.70. The first-order valence-electron chi connectivity index (χ1n) is 5.59. The molecule has 0 aromatic heterocycles. The molecule has 0 radical (unpaired) electrons. The van der Waals surface area contributed by atoms with Gasteiger partial charge in [0.25, 0.3) is 0 Å². The Morgan fingerprint density at radius 1 is 1.50 bits per heavy atom. The average Bonchev–Trinajstić information content (AvgIpc) is 2.68. The molecule has 1 aliphatic heterocycles. The van der Waals surface area contributed by atoms with Crippen LogP contribution >= 0.6 is 0 Å². The van der Waals surface area contributed by atoms with Crippen LogP contribution in [0.3, 0.4) is 0 Å². The fourth-order valence-corrected chi connectivity index (χ4v) is 1.97. The maximum absolute atomic E-state index is 8.86. The first kappa shape index (κ1) is 11.0. The van der Waals surface area contributed by atoms with Gasteiger partial charge in [-0.2, -0.15) is 5.26 Å². The lowest BCUT2D eigenvalue weighted by Gasteiger charge is -2.19. The van der Waals surface area contributed by atoms with Crippen LogP contribution in [-0.4, -0.2) is 18.8 Å². The van der Waals surface area contributed by atoms with Crippen LogP contribution < -0.4 is 5.32 Å². The van der Waals surface area contributed by atoms with E-state index in [0.29, 0.717) is 11.6 Å². The summed E-state index contributed by atoms with van der Waals surface area (Å²) in [7, 11) is 0. The van der Waals surface area contributed by atoms with Gasteiger partial charge in [-0.15, -0.1) is 0 Å². The zero-order chi connectivity index (χ0) is 11.5. The van der Waals surface area contributed by atoms with Crippen molar-refractivity contribution in [3.8, 4) is 6.07 Å². The number of benzene rings is 1. The molecule has 1 saturated heterocycles. The maximum atomic E-state index is 8.86. The SMILES string of the molecule is Cc1ccc(C#N)cc1NC1CCOC1C. The largest absolute Gasteiger partial charge is 0.379 e. The predicted octanol–water partition coefficient (Wildman–Crippen LogP) is 2.46. The first-order valence-corrected chi connectivity index (χ1v) is 5.59. The zero-order valence-electron chi connectivity index (χ0n) is 9.66. The molecule has 0 saturated carbocycles. The molecule has 2 unspecified atom stereocenters. The number of aryl methyl sites for hydroxylation is 1. The van der Waals surface area contributed by atoms with E-state index in [1.165, 1.54) is 0 Å². The van der Waals surface area contributed by atoms with Crippen molar-refractivity contribution in [2.24, 2.45) is 0 Å². The molecular formula is C13H16N2O. The van der Waals surface area contributed by atoms with E-state index in [0.717, 1.165) is 24.3 Å². The van der Waals surface area contributed by atoms with Crippen molar-refractivity contribution in [3.05, 3.63) is 29.3 Å². The Balaban J connectivity index is 2.17. The molecule has 3 nitrogen and oxygen atoms in total. The van der Waals surface area contributed by atoms with Crippen molar-refractivity contribution in [2.45, 2.75) is 32.4 Å². The van der Waals surface area contributed by atoms with Crippen molar-refractivity contribution < 1.29 is 4.74 Å². The Bertz CT molecular complexity index is 422. The molecule has 16 heavy (non-hydrogen) atoms. The van der Waals surface area contributed by atoms with E-state index in [9.17, 15) is 0 Å². The summed E-state index contributed by atoms with van der Waals surface area (Å²) in [5, 5.41) is 12.3. The standard InChI is InChI=1S/C13H16N2O/c1-9-3-4-11(8-14)7-13(9)15-12-5-6-16-10(12)2/h3-4,7,10,12,15H,5-6H2,1-2H3. The second-order valence-electron chi connectivity index (χ2n) is 4.26. The third kappa shape index (κ3) is 2.17. The molecular weight excluding hydrogens is 200 g/mol. The van der Waals surface area contributed by atoms with Crippen molar-refractivity contribution in [1.29, 1.82) is 5.26 Å². The van der Waals surface area contributed by atoms with Crippen LogP contribution in [0.15, 0.2) is 18.2 Å². The lowest BCUT2D eigenvalue weighted by Crippen LogP contribution is -2.27. The molecule has 2 rings (SSSR count). The molecule has 3 heteroatoms. The third-order valence-corrected chi connectivity index (χ3v) is 3.08. The Morgan fingerprint density at radius 3 is 2.94 bits per heavy atom. The fraction of sp³-hybridized carbons (Fsp3) is 0.462. The summed E-state index contributed by atoms with van der Waals surface area (Å²) in [5.41, 5.74) is 2.90. The monoisotopic (exact) mass is 216 g/mol. The highest BCUT2D eigenvalue weighted by atomic mass is 16.5. The lowest BCUT2D eigenvalue weighted by molar-refractivity contribution is 0.121. The molecule has 0 spiro atoms. The normalized spacial score (nSPS) is 24.1. The van der Waals surface area contributed by atoms with E-state index in [1.54, 1.807) is 0 Å². The van der Waals surface area contributed by atoms with Gasteiger partial charge in [0.05, 0.1) is 23.8 Å². The zero-order valence-corrected chi connectivity index (χ0v) is 9.66. The number of anilines is 1. The topological polar surface area (TPSA) is 45.0 Å². The molecule has 2 atom stereocenters. The van der Waals surface area contributed by atoms with Gasteiger partial charge in [0.15, 0.2) is 0 Å². The summed E-state index contributed by atoms with van der Waals surface area (Å²) >= 11 is 0. The van der Waals surface area contributed by atoms with E-state index in [1.807, 2.05) is 25.1 Å². The minimum atomic E-state index is 0.241. The van der Waals surface area contributed by atoms with Crippen molar-refractivity contribution in [3.63, 3.8) is 0 Å². The highest BCUT2D eigenvalue weighted by Gasteiger charge is 2.24. The van der Waals surface area contributed by atoms with Gasteiger partial charge >= 0.3 is 0 Å². The number of nitrogens with zero attached hydrogens (tertiary/aromatic N) is 1. The molecule has 84 valence electrons. The Kier molecular flexibility index (Phi) is 3.12. The Morgan fingerprint density at radius 2 is 2.31 bits per heavy atom. The average molecular weight is 216 g/mol. The molecule has 1 heterocycles. The predicted molar refractivity (Wildman–Crippen MR) is 63.3 cm³/mol. The van der Waals surface area contributed by atoms with E-state index in [2.05, 4.69) is 18.3 Å². The maximum Gasteiger partial charge on any atom is 0.0992 e. The molecule has 0 amide bonds. The molecule has 1 aliphatic rings.